The lowest BCUT2D eigenvalue weighted by Gasteiger charge is -2.19. The summed E-state index contributed by atoms with van der Waals surface area (Å²) in [6.07, 6.45) is 6.92. The maximum Gasteiger partial charge on any atom is 0.439 e. The van der Waals surface area contributed by atoms with Crippen molar-refractivity contribution in [3.8, 4) is 22.5 Å². The maximum absolute atomic E-state index is 14.1. The zero-order valence-corrected chi connectivity index (χ0v) is 23.4. The van der Waals surface area contributed by atoms with Gasteiger partial charge in [0.1, 0.15) is 5.82 Å². The van der Waals surface area contributed by atoms with Crippen LogP contribution in [0, 0.1) is 0 Å². The minimum absolute atomic E-state index is 0.0348. The molecule has 1 aliphatic carbocycles. The topological polar surface area (TPSA) is 114 Å². The zero-order valence-electron chi connectivity index (χ0n) is 23.4. The molecule has 2 aromatic carbocycles. The number of carbonyl (C=O) groups is 1. The molecule has 6 rings (SSSR count). The monoisotopic (exact) mass is 553 g/mol. The van der Waals surface area contributed by atoms with E-state index >= 15 is 0 Å². The quantitative estimate of drug-likeness (QED) is 0.305. The van der Waals surface area contributed by atoms with Crippen molar-refractivity contribution in [2.75, 3.05) is 13.1 Å². The van der Waals surface area contributed by atoms with E-state index in [0.717, 1.165) is 91.8 Å². The van der Waals surface area contributed by atoms with E-state index in [1.54, 1.807) is 4.57 Å². The minimum Gasteiger partial charge on any atom is -0.342 e. The summed E-state index contributed by atoms with van der Waals surface area (Å²) < 4.78 is 6.50. The number of aryl methyl sites for hydroxylation is 1. The van der Waals surface area contributed by atoms with E-state index < -0.39 is 5.76 Å². The molecule has 4 aromatic rings. The Morgan fingerprint density at radius 3 is 2.41 bits per heavy atom. The summed E-state index contributed by atoms with van der Waals surface area (Å²) in [5.41, 5.74) is 4.94. The standard InChI is InChI=1S/C32H35N5O4/c1-2-3-10-27-33-29(23-15-16-23)26(19-28(38)36-17-6-7-18-36)31(39)37(27)20-21-11-13-22(14-12-21)24-8-4-5-9-25(24)30-34-32(40)41-35-30/h4-5,8-9,11-14,23H,2-3,6-7,10,15-20H2,1H3,(H,34,35,40). The molecule has 1 N–H and O–H groups in total. The van der Waals surface area contributed by atoms with Gasteiger partial charge in [-0.05, 0) is 48.8 Å². The number of likely N-dealkylation sites (tertiary alicyclic amines) is 1. The Morgan fingerprint density at radius 1 is 1.02 bits per heavy atom. The van der Waals surface area contributed by atoms with E-state index in [1.165, 1.54) is 0 Å². The van der Waals surface area contributed by atoms with E-state index in [4.69, 9.17) is 9.51 Å². The van der Waals surface area contributed by atoms with E-state index in [1.807, 2.05) is 53.4 Å². The number of aromatic nitrogens is 4. The van der Waals surface area contributed by atoms with Crippen LogP contribution >= 0.6 is 0 Å². The predicted molar refractivity (Wildman–Crippen MR) is 156 cm³/mol. The Labute approximate surface area is 238 Å². The number of unbranched alkanes of at least 4 members (excludes halogenated alkanes) is 1. The van der Waals surface area contributed by atoms with Crippen LogP contribution in [-0.2, 0) is 24.2 Å². The third-order valence-electron chi connectivity index (χ3n) is 8.11. The van der Waals surface area contributed by atoms with Gasteiger partial charge in [-0.25, -0.2) is 9.78 Å². The molecule has 212 valence electrons. The van der Waals surface area contributed by atoms with Crippen molar-refractivity contribution in [1.29, 1.82) is 0 Å². The molecule has 1 saturated carbocycles. The van der Waals surface area contributed by atoms with Crippen molar-refractivity contribution in [2.24, 2.45) is 0 Å². The van der Waals surface area contributed by atoms with Gasteiger partial charge in [-0.1, -0.05) is 67.0 Å². The average Bonchev–Trinajstić information content (AvgIpc) is 3.49. The molecule has 0 atom stereocenters. The molecular formula is C32H35N5O4. The number of aromatic amines is 1. The van der Waals surface area contributed by atoms with Gasteiger partial charge in [0.15, 0.2) is 5.82 Å². The largest absolute Gasteiger partial charge is 0.439 e. The number of rotatable bonds is 10. The van der Waals surface area contributed by atoms with Gasteiger partial charge < -0.3 is 4.90 Å². The van der Waals surface area contributed by atoms with Gasteiger partial charge in [0.25, 0.3) is 5.56 Å². The number of nitrogens with one attached hydrogen (secondary N) is 1. The van der Waals surface area contributed by atoms with Crippen LogP contribution in [0.3, 0.4) is 0 Å². The van der Waals surface area contributed by atoms with Crippen molar-refractivity contribution in [2.45, 2.75) is 70.8 Å². The molecule has 9 nitrogen and oxygen atoms in total. The van der Waals surface area contributed by atoms with Crippen LogP contribution < -0.4 is 11.3 Å². The Balaban J connectivity index is 1.33. The number of hydrogen-bond acceptors (Lipinski definition) is 6. The lowest BCUT2D eigenvalue weighted by atomic mass is 9.98. The molecule has 1 amide bonds. The van der Waals surface area contributed by atoms with Crippen molar-refractivity contribution in [1.82, 2.24) is 24.6 Å². The molecule has 0 unspecified atom stereocenters. The number of benzene rings is 2. The number of carbonyl (C=O) groups excluding carboxylic acids is 1. The first kappa shape index (κ1) is 26.9. The van der Waals surface area contributed by atoms with Crippen LogP contribution in [0.4, 0.5) is 0 Å². The van der Waals surface area contributed by atoms with Gasteiger partial charge in [0.2, 0.25) is 5.91 Å². The molecule has 3 heterocycles. The van der Waals surface area contributed by atoms with E-state index in [2.05, 4.69) is 17.1 Å². The lowest BCUT2D eigenvalue weighted by Crippen LogP contribution is -2.35. The highest BCUT2D eigenvalue weighted by Crippen LogP contribution is 2.40. The lowest BCUT2D eigenvalue weighted by molar-refractivity contribution is -0.129. The summed E-state index contributed by atoms with van der Waals surface area (Å²) in [4.78, 5) is 48.3. The van der Waals surface area contributed by atoms with Crippen LogP contribution in [-0.4, -0.2) is 43.6 Å². The highest BCUT2D eigenvalue weighted by molar-refractivity contribution is 5.80. The van der Waals surface area contributed by atoms with Gasteiger partial charge in [-0.2, -0.15) is 0 Å². The molecule has 9 heteroatoms. The zero-order chi connectivity index (χ0) is 28.3. The Hall–Kier alpha value is -4.27. The SMILES string of the molecule is CCCCc1nc(C2CC2)c(CC(=O)N2CCCC2)c(=O)n1Cc1ccc(-c2ccccc2-c2noc(=O)[nH]2)cc1. The molecule has 1 saturated heterocycles. The van der Waals surface area contributed by atoms with E-state index in [-0.39, 0.29) is 23.8 Å². The highest BCUT2D eigenvalue weighted by Gasteiger charge is 2.32. The van der Waals surface area contributed by atoms with Crippen molar-refractivity contribution >= 4 is 5.91 Å². The molecule has 2 fully saturated rings. The summed E-state index contributed by atoms with van der Waals surface area (Å²) in [5, 5.41) is 3.85. The van der Waals surface area contributed by atoms with Gasteiger partial charge in [0.05, 0.1) is 18.7 Å². The van der Waals surface area contributed by atoms with Crippen molar-refractivity contribution in [3.05, 3.63) is 92.1 Å². The molecular weight excluding hydrogens is 518 g/mol. The number of amides is 1. The van der Waals surface area contributed by atoms with E-state index in [0.29, 0.717) is 17.9 Å². The second-order valence-corrected chi connectivity index (χ2v) is 11.1. The Morgan fingerprint density at radius 2 is 1.76 bits per heavy atom. The van der Waals surface area contributed by atoms with Crippen LogP contribution in [0.1, 0.15) is 74.0 Å². The van der Waals surface area contributed by atoms with Gasteiger partial charge in [0, 0.05) is 36.6 Å². The number of hydrogen-bond donors (Lipinski definition) is 1. The van der Waals surface area contributed by atoms with Crippen LogP contribution in [0.25, 0.3) is 22.5 Å². The fraction of sp³-hybridized carbons (Fsp3) is 0.406. The summed E-state index contributed by atoms with van der Waals surface area (Å²) in [6, 6.07) is 15.7. The van der Waals surface area contributed by atoms with Crippen LogP contribution in [0.2, 0.25) is 0 Å². The summed E-state index contributed by atoms with van der Waals surface area (Å²) >= 11 is 0. The number of H-pyrrole nitrogens is 1. The fourth-order valence-corrected chi connectivity index (χ4v) is 5.70. The fourth-order valence-electron chi connectivity index (χ4n) is 5.70. The summed E-state index contributed by atoms with van der Waals surface area (Å²) in [5.74, 6) is 0.906. The third kappa shape index (κ3) is 5.80. The Bertz CT molecular complexity index is 1660. The summed E-state index contributed by atoms with van der Waals surface area (Å²) in [6.45, 7) is 4.07. The number of nitrogens with zero attached hydrogens (tertiary/aromatic N) is 4. The molecule has 2 aliphatic rings. The van der Waals surface area contributed by atoms with Crippen LogP contribution in [0.5, 0.6) is 0 Å². The molecule has 0 bridgehead atoms. The average molecular weight is 554 g/mol. The smallest absolute Gasteiger partial charge is 0.342 e. The first-order chi connectivity index (χ1) is 20.0. The Kier molecular flexibility index (Phi) is 7.67. The molecule has 2 aromatic heterocycles. The van der Waals surface area contributed by atoms with Crippen molar-refractivity contribution < 1.29 is 9.32 Å². The van der Waals surface area contributed by atoms with Gasteiger partial charge in [-0.15, -0.1) is 0 Å². The van der Waals surface area contributed by atoms with Gasteiger partial charge in [-0.3, -0.25) is 23.7 Å². The minimum atomic E-state index is -0.600. The second-order valence-electron chi connectivity index (χ2n) is 11.1. The summed E-state index contributed by atoms with van der Waals surface area (Å²) in [7, 11) is 0. The highest BCUT2D eigenvalue weighted by atomic mass is 16.5. The predicted octanol–water partition coefficient (Wildman–Crippen LogP) is 4.69. The first-order valence-electron chi connectivity index (χ1n) is 14.7. The van der Waals surface area contributed by atoms with Crippen molar-refractivity contribution in [3.63, 3.8) is 0 Å². The molecule has 1 aliphatic heterocycles. The second kappa shape index (κ2) is 11.7. The first-order valence-corrected chi connectivity index (χ1v) is 14.7. The third-order valence-corrected chi connectivity index (χ3v) is 8.11. The van der Waals surface area contributed by atoms with Crippen LogP contribution in [0.15, 0.2) is 62.6 Å². The molecule has 41 heavy (non-hydrogen) atoms. The molecule has 0 spiro atoms. The normalized spacial score (nSPS) is 15.0. The van der Waals surface area contributed by atoms with Gasteiger partial charge >= 0.3 is 5.76 Å². The van der Waals surface area contributed by atoms with E-state index in [9.17, 15) is 14.4 Å². The maximum atomic E-state index is 14.1. The molecule has 0 radical (unpaired) electrons.